The van der Waals surface area contributed by atoms with Crippen LogP contribution in [0.1, 0.15) is 33.0 Å². The van der Waals surface area contributed by atoms with E-state index >= 15 is 0 Å². The second-order valence-corrected chi connectivity index (χ2v) is 7.60. The fraction of sp³-hybridized carbons (Fsp3) is 0.174. The van der Waals surface area contributed by atoms with Gasteiger partial charge in [-0.25, -0.2) is 0 Å². The molecule has 1 N–H and O–H groups in total. The molecule has 0 atom stereocenters. The molecule has 7 heteroatoms. The van der Waals surface area contributed by atoms with Crippen LogP contribution in [-0.4, -0.2) is 20.8 Å². The molecule has 2 aromatic carbocycles. The van der Waals surface area contributed by atoms with Crippen LogP contribution in [0.15, 0.2) is 59.1 Å². The first-order valence-electron chi connectivity index (χ1n) is 9.55. The summed E-state index contributed by atoms with van der Waals surface area (Å²) in [5, 5.41) is 12.1. The Labute approximate surface area is 179 Å². The number of rotatable bonds is 5. The fourth-order valence-corrected chi connectivity index (χ4v) is 3.43. The van der Waals surface area contributed by atoms with E-state index in [4.69, 9.17) is 16.1 Å². The third-order valence-corrected chi connectivity index (χ3v) is 5.35. The van der Waals surface area contributed by atoms with Crippen LogP contribution in [0, 0.1) is 20.8 Å². The van der Waals surface area contributed by atoms with Gasteiger partial charge in [0.25, 0.3) is 5.91 Å². The number of aromatic nitrogens is 3. The van der Waals surface area contributed by atoms with E-state index in [1.54, 1.807) is 6.07 Å². The van der Waals surface area contributed by atoms with Crippen LogP contribution >= 0.6 is 11.6 Å². The fourth-order valence-electron chi connectivity index (χ4n) is 3.23. The highest BCUT2D eigenvalue weighted by Gasteiger charge is 2.19. The monoisotopic (exact) mass is 420 g/mol. The Bertz CT molecular complexity index is 1210. The van der Waals surface area contributed by atoms with E-state index in [2.05, 4.69) is 15.6 Å². The van der Waals surface area contributed by atoms with Gasteiger partial charge in [0.2, 0.25) is 0 Å². The molecule has 152 valence electrons. The Kier molecular flexibility index (Phi) is 5.42. The highest BCUT2D eigenvalue weighted by molar-refractivity contribution is 6.31. The molecule has 2 heterocycles. The van der Waals surface area contributed by atoms with Crippen molar-refractivity contribution in [3.05, 3.63) is 87.8 Å². The largest absolute Gasteiger partial charge is 0.355 e. The number of benzene rings is 2. The molecule has 0 fully saturated rings. The molecule has 0 aliphatic heterocycles. The van der Waals surface area contributed by atoms with E-state index in [1.165, 1.54) is 0 Å². The minimum absolute atomic E-state index is 0.211. The lowest BCUT2D eigenvalue weighted by Crippen LogP contribution is -2.13. The van der Waals surface area contributed by atoms with Gasteiger partial charge < -0.3 is 9.84 Å². The van der Waals surface area contributed by atoms with Gasteiger partial charge in [-0.15, -0.1) is 0 Å². The molecule has 0 spiro atoms. The standard InChI is InChI=1S/C23H21ClN4O2/c1-14-8-10-17(11-9-14)21-12-20(27-30-21)23(29)25-22-15(2)26-28(16(22)3)13-18-6-4-5-7-19(18)24/h4-12H,13H2,1-3H3,(H,25,29). The predicted octanol–water partition coefficient (Wildman–Crippen LogP) is 5.42. The Morgan fingerprint density at radius 1 is 1.10 bits per heavy atom. The van der Waals surface area contributed by atoms with Crippen molar-refractivity contribution in [1.29, 1.82) is 0 Å². The van der Waals surface area contributed by atoms with E-state index in [9.17, 15) is 4.79 Å². The maximum atomic E-state index is 12.7. The zero-order valence-corrected chi connectivity index (χ0v) is 17.7. The SMILES string of the molecule is Cc1ccc(-c2cc(C(=O)Nc3c(C)nn(Cc4ccccc4Cl)c3C)no2)cc1. The third-order valence-electron chi connectivity index (χ3n) is 4.98. The summed E-state index contributed by atoms with van der Waals surface area (Å²) in [5.74, 6) is 0.198. The lowest BCUT2D eigenvalue weighted by atomic mass is 10.1. The summed E-state index contributed by atoms with van der Waals surface area (Å²) in [4.78, 5) is 12.7. The summed E-state index contributed by atoms with van der Waals surface area (Å²) in [6.07, 6.45) is 0. The van der Waals surface area contributed by atoms with Gasteiger partial charge in [0.15, 0.2) is 11.5 Å². The minimum Gasteiger partial charge on any atom is -0.355 e. The van der Waals surface area contributed by atoms with Crippen molar-refractivity contribution in [2.45, 2.75) is 27.3 Å². The van der Waals surface area contributed by atoms with Crippen LogP contribution < -0.4 is 5.32 Å². The number of aryl methyl sites for hydroxylation is 2. The zero-order chi connectivity index (χ0) is 21.3. The Morgan fingerprint density at radius 3 is 2.57 bits per heavy atom. The molecular formula is C23H21ClN4O2. The van der Waals surface area contributed by atoms with E-state index in [0.717, 1.165) is 28.1 Å². The Hall–Kier alpha value is -3.38. The highest BCUT2D eigenvalue weighted by Crippen LogP contribution is 2.25. The van der Waals surface area contributed by atoms with Crippen LogP contribution in [0.4, 0.5) is 5.69 Å². The molecule has 0 aliphatic rings. The Balaban J connectivity index is 1.53. The first kappa shape index (κ1) is 19.9. The van der Waals surface area contributed by atoms with Gasteiger partial charge >= 0.3 is 0 Å². The smallest absolute Gasteiger partial charge is 0.277 e. The number of halogens is 1. The predicted molar refractivity (Wildman–Crippen MR) is 117 cm³/mol. The molecule has 0 aliphatic carbocycles. The molecule has 4 rings (SSSR count). The van der Waals surface area contributed by atoms with Gasteiger partial charge in [0.05, 0.1) is 23.6 Å². The van der Waals surface area contributed by atoms with Gasteiger partial charge in [-0.1, -0.05) is 64.8 Å². The number of carbonyl (C=O) groups is 1. The third kappa shape index (κ3) is 4.00. The van der Waals surface area contributed by atoms with E-state index in [-0.39, 0.29) is 11.6 Å². The lowest BCUT2D eigenvalue weighted by Gasteiger charge is -2.07. The van der Waals surface area contributed by atoms with Crippen molar-refractivity contribution in [1.82, 2.24) is 14.9 Å². The van der Waals surface area contributed by atoms with Gasteiger partial charge in [-0.05, 0) is 32.4 Å². The van der Waals surface area contributed by atoms with Crippen LogP contribution in [0.2, 0.25) is 5.02 Å². The van der Waals surface area contributed by atoms with Gasteiger partial charge in [0, 0.05) is 16.7 Å². The topological polar surface area (TPSA) is 73.0 Å². The number of anilines is 1. The number of hydrogen-bond donors (Lipinski definition) is 1. The number of carbonyl (C=O) groups excluding carboxylic acids is 1. The normalized spacial score (nSPS) is 10.9. The quantitative estimate of drug-likeness (QED) is 0.468. The average Bonchev–Trinajstić information content (AvgIpc) is 3.32. The maximum Gasteiger partial charge on any atom is 0.277 e. The van der Waals surface area contributed by atoms with Crippen molar-refractivity contribution >= 4 is 23.2 Å². The summed E-state index contributed by atoms with van der Waals surface area (Å²) in [6, 6.07) is 17.1. The lowest BCUT2D eigenvalue weighted by molar-refractivity contribution is 0.101. The molecule has 4 aromatic rings. The summed E-state index contributed by atoms with van der Waals surface area (Å²) in [5.41, 5.74) is 5.40. The molecule has 0 saturated carbocycles. The number of hydrogen-bond acceptors (Lipinski definition) is 4. The van der Waals surface area contributed by atoms with Gasteiger partial charge in [-0.3, -0.25) is 9.48 Å². The number of nitrogens with one attached hydrogen (secondary N) is 1. The Morgan fingerprint density at radius 2 is 1.83 bits per heavy atom. The summed E-state index contributed by atoms with van der Waals surface area (Å²) < 4.78 is 7.19. The first-order valence-corrected chi connectivity index (χ1v) is 9.92. The van der Waals surface area contributed by atoms with Crippen LogP contribution in [0.5, 0.6) is 0 Å². The van der Waals surface area contributed by atoms with Crippen LogP contribution in [0.3, 0.4) is 0 Å². The molecule has 1 amide bonds. The van der Waals surface area contributed by atoms with Crippen molar-refractivity contribution in [3.8, 4) is 11.3 Å². The molecule has 0 saturated heterocycles. The molecule has 30 heavy (non-hydrogen) atoms. The van der Waals surface area contributed by atoms with E-state index < -0.39 is 0 Å². The van der Waals surface area contributed by atoms with Crippen molar-refractivity contribution < 1.29 is 9.32 Å². The van der Waals surface area contributed by atoms with Crippen molar-refractivity contribution in [3.63, 3.8) is 0 Å². The van der Waals surface area contributed by atoms with Crippen molar-refractivity contribution in [2.24, 2.45) is 0 Å². The first-order chi connectivity index (χ1) is 14.4. The van der Waals surface area contributed by atoms with E-state index in [1.807, 2.05) is 74.0 Å². The minimum atomic E-state index is -0.347. The molecule has 2 aromatic heterocycles. The van der Waals surface area contributed by atoms with Crippen LogP contribution in [0.25, 0.3) is 11.3 Å². The number of amides is 1. The van der Waals surface area contributed by atoms with Crippen molar-refractivity contribution in [2.75, 3.05) is 5.32 Å². The van der Waals surface area contributed by atoms with Crippen LogP contribution in [-0.2, 0) is 6.54 Å². The zero-order valence-electron chi connectivity index (χ0n) is 16.9. The second kappa shape index (κ2) is 8.16. The summed E-state index contributed by atoms with van der Waals surface area (Å²) in [7, 11) is 0. The molecule has 0 radical (unpaired) electrons. The maximum absolute atomic E-state index is 12.7. The van der Waals surface area contributed by atoms with E-state index in [0.29, 0.717) is 23.0 Å². The second-order valence-electron chi connectivity index (χ2n) is 7.19. The highest BCUT2D eigenvalue weighted by atomic mass is 35.5. The summed E-state index contributed by atoms with van der Waals surface area (Å²) in [6.45, 7) is 6.29. The molecule has 6 nitrogen and oxygen atoms in total. The molecule has 0 unspecified atom stereocenters. The van der Waals surface area contributed by atoms with Gasteiger partial charge in [0.1, 0.15) is 0 Å². The molecule has 0 bridgehead atoms. The average molecular weight is 421 g/mol. The molecular weight excluding hydrogens is 400 g/mol. The van der Waals surface area contributed by atoms with Gasteiger partial charge in [-0.2, -0.15) is 5.10 Å². The summed E-state index contributed by atoms with van der Waals surface area (Å²) >= 11 is 6.27. The number of nitrogens with zero attached hydrogens (tertiary/aromatic N) is 3.